The van der Waals surface area contributed by atoms with Crippen molar-refractivity contribution in [3.05, 3.63) is 64.1 Å². The van der Waals surface area contributed by atoms with Gasteiger partial charge < -0.3 is 19.2 Å². The molecule has 2 aromatic rings. The van der Waals surface area contributed by atoms with Crippen molar-refractivity contribution in [2.45, 2.75) is 40.2 Å². The molecule has 29 heavy (non-hydrogen) atoms. The van der Waals surface area contributed by atoms with E-state index in [-0.39, 0.29) is 17.8 Å². The quantitative estimate of drug-likeness (QED) is 0.449. The lowest BCUT2D eigenvalue weighted by atomic mass is 10.1. The number of benzene rings is 1. The summed E-state index contributed by atoms with van der Waals surface area (Å²) >= 11 is 0. The van der Waals surface area contributed by atoms with Crippen LogP contribution in [-0.4, -0.2) is 24.2 Å². The van der Waals surface area contributed by atoms with Crippen LogP contribution in [0, 0.1) is 5.92 Å². The minimum Gasteiger partial charge on any atom is -0.493 e. The van der Waals surface area contributed by atoms with Crippen molar-refractivity contribution in [3.63, 3.8) is 0 Å². The molecule has 0 aliphatic heterocycles. The van der Waals surface area contributed by atoms with Gasteiger partial charge in [-0.15, -0.1) is 0 Å². The molecule has 0 bridgehead atoms. The molecule has 2 rings (SSSR count). The third kappa shape index (κ3) is 7.86. The molecule has 1 aromatic heterocycles. The van der Waals surface area contributed by atoms with Crippen LogP contribution < -0.4 is 14.9 Å². The van der Waals surface area contributed by atoms with Gasteiger partial charge in [-0.2, -0.15) is 0 Å². The number of hydrogen-bond donors (Lipinski definition) is 1. The molecule has 0 fully saturated rings. The van der Waals surface area contributed by atoms with Crippen LogP contribution in [0.25, 0.3) is 6.08 Å². The SMILES string of the molecule is CCCOc1ccccc1/C=C/C(=O)OCc1cc(=O)c(OCCC(C)C)c[nH]1. The van der Waals surface area contributed by atoms with E-state index in [2.05, 4.69) is 18.8 Å². The molecule has 0 saturated heterocycles. The highest BCUT2D eigenvalue weighted by Crippen LogP contribution is 2.19. The van der Waals surface area contributed by atoms with Gasteiger partial charge in [-0.25, -0.2) is 4.79 Å². The molecule has 0 atom stereocenters. The first kappa shape index (κ1) is 22.3. The van der Waals surface area contributed by atoms with Crippen molar-refractivity contribution in [1.82, 2.24) is 4.98 Å². The zero-order chi connectivity index (χ0) is 21.1. The lowest BCUT2D eigenvalue weighted by Crippen LogP contribution is -2.12. The maximum absolute atomic E-state index is 12.1. The van der Waals surface area contributed by atoms with E-state index in [4.69, 9.17) is 14.2 Å². The fourth-order valence-corrected chi connectivity index (χ4v) is 2.42. The second-order valence-electron chi connectivity index (χ2n) is 7.05. The van der Waals surface area contributed by atoms with Crippen LogP contribution in [0.5, 0.6) is 11.5 Å². The predicted octanol–water partition coefficient (Wildman–Crippen LogP) is 4.35. The second-order valence-corrected chi connectivity index (χ2v) is 7.05. The normalized spacial score (nSPS) is 11.0. The molecule has 156 valence electrons. The fraction of sp³-hybridized carbons (Fsp3) is 0.391. The van der Waals surface area contributed by atoms with E-state index < -0.39 is 5.97 Å². The summed E-state index contributed by atoms with van der Waals surface area (Å²) in [6.45, 7) is 7.29. The van der Waals surface area contributed by atoms with E-state index >= 15 is 0 Å². The average molecular weight is 399 g/mol. The molecule has 6 heteroatoms. The molecule has 0 spiro atoms. The summed E-state index contributed by atoms with van der Waals surface area (Å²) in [5.41, 5.74) is 1.06. The lowest BCUT2D eigenvalue weighted by molar-refractivity contribution is -0.139. The van der Waals surface area contributed by atoms with E-state index in [9.17, 15) is 9.59 Å². The molecule has 0 amide bonds. The number of ether oxygens (including phenoxy) is 3. The van der Waals surface area contributed by atoms with Crippen LogP contribution in [0.2, 0.25) is 0 Å². The van der Waals surface area contributed by atoms with Gasteiger partial charge in [-0.05, 0) is 30.9 Å². The van der Waals surface area contributed by atoms with Gasteiger partial charge in [0.1, 0.15) is 12.4 Å². The van der Waals surface area contributed by atoms with Gasteiger partial charge in [0, 0.05) is 23.9 Å². The van der Waals surface area contributed by atoms with Crippen molar-refractivity contribution in [3.8, 4) is 11.5 Å². The van der Waals surface area contributed by atoms with Crippen LogP contribution in [0.4, 0.5) is 0 Å². The molecule has 0 unspecified atom stereocenters. The second kappa shape index (κ2) is 11.7. The Bertz CT molecular complexity index is 870. The third-order valence-corrected chi connectivity index (χ3v) is 4.04. The number of nitrogens with one attached hydrogen (secondary N) is 1. The number of H-pyrrole nitrogens is 1. The van der Waals surface area contributed by atoms with Gasteiger partial charge in [0.05, 0.1) is 18.9 Å². The number of aromatic amines is 1. The first-order chi connectivity index (χ1) is 14.0. The number of aromatic nitrogens is 1. The Labute approximate surface area is 171 Å². The maximum atomic E-state index is 12.1. The molecule has 1 N–H and O–H groups in total. The number of carbonyl (C=O) groups excluding carboxylic acids is 1. The molecule has 6 nitrogen and oxygen atoms in total. The van der Waals surface area contributed by atoms with Gasteiger partial charge in [-0.1, -0.05) is 39.0 Å². The first-order valence-corrected chi connectivity index (χ1v) is 9.90. The van der Waals surface area contributed by atoms with Gasteiger partial charge in [0.25, 0.3) is 0 Å². The number of rotatable bonds is 11. The summed E-state index contributed by atoms with van der Waals surface area (Å²) in [6, 6.07) is 8.86. The number of esters is 1. The maximum Gasteiger partial charge on any atom is 0.331 e. The molecule has 1 heterocycles. The van der Waals surface area contributed by atoms with Crippen molar-refractivity contribution in [1.29, 1.82) is 0 Å². The van der Waals surface area contributed by atoms with Crippen LogP contribution in [0.15, 0.2) is 47.4 Å². The van der Waals surface area contributed by atoms with Crippen molar-refractivity contribution >= 4 is 12.0 Å². The molecule has 1 aromatic carbocycles. The lowest BCUT2D eigenvalue weighted by Gasteiger charge is -2.08. The van der Waals surface area contributed by atoms with Crippen molar-refractivity contribution < 1.29 is 19.0 Å². The summed E-state index contributed by atoms with van der Waals surface area (Å²) in [5.74, 6) is 0.986. The Kier molecular flexibility index (Phi) is 9.02. The Morgan fingerprint density at radius 3 is 2.62 bits per heavy atom. The van der Waals surface area contributed by atoms with Crippen LogP contribution in [0.3, 0.4) is 0 Å². The Morgan fingerprint density at radius 2 is 1.90 bits per heavy atom. The van der Waals surface area contributed by atoms with E-state index in [1.54, 1.807) is 6.08 Å². The summed E-state index contributed by atoms with van der Waals surface area (Å²) in [4.78, 5) is 27.0. The number of pyridine rings is 1. The Hall–Kier alpha value is -3.02. The van der Waals surface area contributed by atoms with Crippen molar-refractivity contribution in [2.24, 2.45) is 5.92 Å². The van der Waals surface area contributed by atoms with Crippen LogP contribution in [-0.2, 0) is 16.1 Å². The number of para-hydroxylation sites is 1. The number of carbonyl (C=O) groups is 1. The molecular formula is C23H29NO5. The number of hydrogen-bond acceptors (Lipinski definition) is 5. The highest BCUT2D eigenvalue weighted by Gasteiger charge is 2.06. The molecule has 0 radical (unpaired) electrons. The zero-order valence-electron chi connectivity index (χ0n) is 17.3. The fourth-order valence-electron chi connectivity index (χ4n) is 2.42. The summed E-state index contributed by atoms with van der Waals surface area (Å²) in [6.07, 6.45) is 6.28. The third-order valence-electron chi connectivity index (χ3n) is 4.04. The summed E-state index contributed by atoms with van der Waals surface area (Å²) < 4.78 is 16.3. The summed E-state index contributed by atoms with van der Waals surface area (Å²) in [7, 11) is 0. The van der Waals surface area contributed by atoms with Crippen LogP contribution in [0.1, 0.15) is 44.9 Å². The van der Waals surface area contributed by atoms with Gasteiger partial charge in [-0.3, -0.25) is 4.79 Å². The Morgan fingerprint density at radius 1 is 1.14 bits per heavy atom. The minimum atomic E-state index is -0.506. The van der Waals surface area contributed by atoms with E-state index in [1.807, 2.05) is 31.2 Å². The molecule has 0 saturated carbocycles. The smallest absolute Gasteiger partial charge is 0.331 e. The topological polar surface area (TPSA) is 77.6 Å². The molecule has 0 aliphatic rings. The molecule has 0 aliphatic carbocycles. The molecular weight excluding hydrogens is 370 g/mol. The van der Waals surface area contributed by atoms with E-state index in [1.165, 1.54) is 18.3 Å². The summed E-state index contributed by atoms with van der Waals surface area (Å²) in [5, 5.41) is 0. The average Bonchev–Trinajstić information content (AvgIpc) is 2.71. The highest BCUT2D eigenvalue weighted by molar-refractivity contribution is 5.87. The first-order valence-electron chi connectivity index (χ1n) is 9.90. The monoisotopic (exact) mass is 399 g/mol. The predicted molar refractivity (Wildman–Crippen MR) is 113 cm³/mol. The minimum absolute atomic E-state index is 0.0291. The van der Waals surface area contributed by atoms with E-state index in [0.717, 1.165) is 24.2 Å². The van der Waals surface area contributed by atoms with E-state index in [0.29, 0.717) is 24.8 Å². The standard InChI is InChI=1S/C23H29NO5/c1-4-12-27-21-8-6-5-7-18(21)9-10-23(26)29-16-19-14-20(25)22(15-24-19)28-13-11-17(2)3/h5-10,14-15,17H,4,11-13,16H2,1-3H3,(H,24,25)/b10-9+. The largest absolute Gasteiger partial charge is 0.493 e. The van der Waals surface area contributed by atoms with Crippen molar-refractivity contribution in [2.75, 3.05) is 13.2 Å². The highest BCUT2D eigenvalue weighted by atomic mass is 16.5. The van der Waals surface area contributed by atoms with Crippen LogP contribution >= 0.6 is 0 Å². The van der Waals surface area contributed by atoms with Gasteiger partial charge >= 0.3 is 5.97 Å². The zero-order valence-corrected chi connectivity index (χ0v) is 17.3. The van der Waals surface area contributed by atoms with Gasteiger partial charge in [0.2, 0.25) is 5.43 Å². The Balaban J connectivity index is 1.88. The van der Waals surface area contributed by atoms with Gasteiger partial charge in [0.15, 0.2) is 5.75 Å².